The third-order valence-corrected chi connectivity index (χ3v) is 6.58. The van der Waals surface area contributed by atoms with Crippen LogP contribution in [0, 0.1) is 5.41 Å². The Morgan fingerprint density at radius 1 is 1.27 bits per heavy atom. The van der Waals surface area contributed by atoms with Crippen LogP contribution < -0.4 is 10.1 Å². The lowest BCUT2D eigenvalue weighted by atomic mass is 9.79. The molecule has 0 spiro atoms. The average Bonchev–Trinajstić information content (AvgIpc) is 2.92. The number of fused-ring (bicyclic) bond motifs is 1. The number of rotatable bonds is 6. The van der Waals surface area contributed by atoms with Gasteiger partial charge >= 0.3 is 0 Å². The molecule has 1 amide bonds. The summed E-state index contributed by atoms with van der Waals surface area (Å²) in [5, 5.41) is 4.28. The summed E-state index contributed by atoms with van der Waals surface area (Å²) in [6.07, 6.45) is 3.36. The standard InChI is InChI=1S/C19H27N3O3S/c1-4-5-8-26(24,25)22-16-10-13-6-7-14(9-15(13)11-16)18-19(2,3)12-17(23)20-21-18/h6-7,9,16,22H,4-5,8,10-12H2,1-3H3,(H,20,23). The molecule has 1 aliphatic heterocycles. The molecular formula is C19H27N3O3S. The maximum Gasteiger partial charge on any atom is 0.241 e. The summed E-state index contributed by atoms with van der Waals surface area (Å²) in [4.78, 5) is 11.6. The molecule has 1 aromatic carbocycles. The van der Waals surface area contributed by atoms with Gasteiger partial charge in [-0.1, -0.05) is 39.3 Å². The molecule has 142 valence electrons. The fourth-order valence-corrected chi connectivity index (χ4v) is 5.21. The lowest BCUT2D eigenvalue weighted by molar-refractivity contribution is -0.122. The zero-order chi connectivity index (χ0) is 18.9. The average molecular weight is 378 g/mol. The predicted molar refractivity (Wildman–Crippen MR) is 103 cm³/mol. The van der Waals surface area contributed by atoms with Crippen LogP contribution in [0.2, 0.25) is 0 Å². The van der Waals surface area contributed by atoms with Crippen molar-refractivity contribution >= 4 is 21.6 Å². The zero-order valence-electron chi connectivity index (χ0n) is 15.6. The normalized spacial score (nSPS) is 21.9. The van der Waals surface area contributed by atoms with E-state index in [1.54, 1.807) is 0 Å². The number of unbranched alkanes of at least 4 members (excludes halogenated alkanes) is 1. The van der Waals surface area contributed by atoms with Crippen LogP contribution >= 0.6 is 0 Å². The van der Waals surface area contributed by atoms with Gasteiger partial charge in [-0.05, 0) is 42.0 Å². The van der Waals surface area contributed by atoms with Gasteiger partial charge in [0, 0.05) is 17.9 Å². The summed E-state index contributed by atoms with van der Waals surface area (Å²) in [5.74, 6) is 0.119. The van der Waals surface area contributed by atoms with Gasteiger partial charge in [0.1, 0.15) is 0 Å². The second-order valence-corrected chi connectivity index (χ2v) is 9.81. The summed E-state index contributed by atoms with van der Waals surface area (Å²) >= 11 is 0. The number of sulfonamides is 1. The van der Waals surface area contributed by atoms with Crippen LogP contribution in [-0.2, 0) is 27.7 Å². The van der Waals surface area contributed by atoms with Gasteiger partial charge in [0.15, 0.2) is 0 Å². The molecule has 0 saturated heterocycles. The van der Waals surface area contributed by atoms with Crippen molar-refractivity contribution in [3.63, 3.8) is 0 Å². The quantitative estimate of drug-likeness (QED) is 0.796. The van der Waals surface area contributed by atoms with E-state index in [0.717, 1.165) is 23.3 Å². The van der Waals surface area contributed by atoms with E-state index >= 15 is 0 Å². The first-order valence-electron chi connectivity index (χ1n) is 9.19. The summed E-state index contributed by atoms with van der Waals surface area (Å²) < 4.78 is 27.2. The molecule has 0 aromatic heterocycles. The van der Waals surface area contributed by atoms with Crippen molar-refractivity contribution in [2.75, 3.05) is 5.75 Å². The molecule has 0 saturated carbocycles. The summed E-state index contributed by atoms with van der Waals surface area (Å²) in [5.41, 5.74) is 6.43. The van der Waals surface area contributed by atoms with E-state index in [-0.39, 0.29) is 23.1 Å². The first kappa shape index (κ1) is 19.0. The number of carbonyl (C=O) groups is 1. The monoisotopic (exact) mass is 377 g/mol. The van der Waals surface area contributed by atoms with Gasteiger partial charge in [-0.25, -0.2) is 18.6 Å². The Hall–Kier alpha value is -1.73. The molecular weight excluding hydrogens is 350 g/mol. The van der Waals surface area contributed by atoms with E-state index in [1.165, 1.54) is 5.56 Å². The smallest absolute Gasteiger partial charge is 0.241 e. The van der Waals surface area contributed by atoms with Gasteiger partial charge < -0.3 is 0 Å². The van der Waals surface area contributed by atoms with Crippen LogP contribution in [0.15, 0.2) is 23.3 Å². The molecule has 26 heavy (non-hydrogen) atoms. The molecule has 1 aromatic rings. The maximum absolute atomic E-state index is 12.2. The van der Waals surface area contributed by atoms with E-state index in [1.807, 2.05) is 26.8 Å². The molecule has 3 rings (SSSR count). The molecule has 6 nitrogen and oxygen atoms in total. The van der Waals surface area contributed by atoms with Crippen LogP contribution in [-0.4, -0.2) is 31.8 Å². The van der Waals surface area contributed by atoms with Crippen molar-refractivity contribution < 1.29 is 13.2 Å². The third kappa shape index (κ3) is 4.15. The van der Waals surface area contributed by atoms with Gasteiger partial charge in [0.25, 0.3) is 0 Å². The summed E-state index contributed by atoms with van der Waals surface area (Å²) in [6, 6.07) is 6.08. The summed E-state index contributed by atoms with van der Waals surface area (Å²) in [6.45, 7) is 6.02. The van der Waals surface area contributed by atoms with Crippen molar-refractivity contribution in [2.45, 2.75) is 58.9 Å². The fraction of sp³-hybridized carbons (Fsp3) is 0.579. The van der Waals surface area contributed by atoms with Gasteiger partial charge in [-0.3, -0.25) is 4.79 Å². The van der Waals surface area contributed by atoms with Crippen LogP contribution in [0.25, 0.3) is 0 Å². The highest BCUT2D eigenvalue weighted by atomic mass is 32.2. The van der Waals surface area contributed by atoms with E-state index in [2.05, 4.69) is 27.4 Å². The number of nitrogens with zero attached hydrogens (tertiary/aromatic N) is 1. The number of amides is 1. The largest absolute Gasteiger partial charge is 0.273 e. The number of nitrogens with one attached hydrogen (secondary N) is 2. The first-order valence-corrected chi connectivity index (χ1v) is 10.8. The van der Waals surface area contributed by atoms with Crippen molar-refractivity contribution in [3.05, 3.63) is 34.9 Å². The maximum atomic E-state index is 12.2. The number of carbonyl (C=O) groups excluding carboxylic acids is 1. The fourth-order valence-electron chi connectivity index (χ4n) is 3.75. The number of benzene rings is 1. The van der Waals surface area contributed by atoms with Gasteiger partial charge in [-0.15, -0.1) is 0 Å². The first-order chi connectivity index (χ1) is 12.2. The van der Waals surface area contributed by atoms with Crippen molar-refractivity contribution in [2.24, 2.45) is 10.5 Å². The van der Waals surface area contributed by atoms with Crippen LogP contribution in [0.3, 0.4) is 0 Å². The molecule has 0 radical (unpaired) electrons. The minimum absolute atomic E-state index is 0.0681. The van der Waals surface area contributed by atoms with Gasteiger partial charge in [0.2, 0.25) is 15.9 Å². The second-order valence-electron chi connectivity index (χ2n) is 7.93. The highest BCUT2D eigenvalue weighted by Crippen LogP contribution is 2.31. The molecule has 1 atom stereocenters. The lowest BCUT2D eigenvalue weighted by Crippen LogP contribution is -2.39. The van der Waals surface area contributed by atoms with E-state index in [4.69, 9.17) is 0 Å². The Labute approximate surface area is 155 Å². The molecule has 2 N–H and O–H groups in total. The van der Waals surface area contributed by atoms with Crippen LogP contribution in [0.1, 0.15) is 56.7 Å². The van der Waals surface area contributed by atoms with E-state index in [0.29, 0.717) is 25.7 Å². The van der Waals surface area contributed by atoms with Crippen LogP contribution in [0.5, 0.6) is 0 Å². The minimum Gasteiger partial charge on any atom is -0.273 e. The molecule has 7 heteroatoms. The van der Waals surface area contributed by atoms with Gasteiger partial charge in [-0.2, -0.15) is 5.10 Å². The third-order valence-electron chi connectivity index (χ3n) is 5.06. The Bertz CT molecular complexity index is 844. The Kier molecular flexibility index (Phi) is 5.21. The SMILES string of the molecule is CCCCS(=O)(=O)NC1Cc2ccc(C3=NNC(=O)CC3(C)C)cc2C1. The second kappa shape index (κ2) is 7.12. The highest BCUT2D eigenvalue weighted by Gasteiger charge is 2.34. The van der Waals surface area contributed by atoms with Crippen molar-refractivity contribution in [3.8, 4) is 0 Å². The number of hydrogen-bond acceptors (Lipinski definition) is 4. The Morgan fingerprint density at radius 2 is 2.00 bits per heavy atom. The zero-order valence-corrected chi connectivity index (χ0v) is 16.4. The summed E-state index contributed by atoms with van der Waals surface area (Å²) in [7, 11) is -3.22. The van der Waals surface area contributed by atoms with E-state index < -0.39 is 10.0 Å². The number of hydrogen-bond donors (Lipinski definition) is 2. The molecule has 2 aliphatic rings. The highest BCUT2D eigenvalue weighted by molar-refractivity contribution is 7.89. The van der Waals surface area contributed by atoms with Gasteiger partial charge in [0.05, 0.1) is 11.5 Å². The van der Waals surface area contributed by atoms with Crippen molar-refractivity contribution in [1.82, 2.24) is 10.1 Å². The predicted octanol–water partition coefficient (Wildman–Crippen LogP) is 2.12. The molecule has 1 unspecified atom stereocenters. The minimum atomic E-state index is -3.22. The number of hydrazone groups is 1. The van der Waals surface area contributed by atoms with E-state index in [9.17, 15) is 13.2 Å². The topological polar surface area (TPSA) is 87.6 Å². The van der Waals surface area contributed by atoms with Crippen molar-refractivity contribution in [1.29, 1.82) is 0 Å². The molecule has 0 bridgehead atoms. The molecule has 1 heterocycles. The molecule has 1 aliphatic carbocycles. The Balaban J connectivity index is 1.76. The van der Waals surface area contributed by atoms with Crippen LogP contribution in [0.4, 0.5) is 0 Å². The molecule has 0 fully saturated rings. The lowest BCUT2D eigenvalue weighted by Gasteiger charge is -2.29. The Morgan fingerprint density at radius 3 is 2.69 bits per heavy atom.